The van der Waals surface area contributed by atoms with E-state index in [1.165, 1.54) is 90.3 Å². The summed E-state index contributed by atoms with van der Waals surface area (Å²) in [6, 6.07) is 31.7. The molecule has 0 heteroatoms. The molecule has 4 aromatic rings. The topological polar surface area (TPSA) is 0 Å². The first kappa shape index (κ1) is 33.8. The highest BCUT2D eigenvalue weighted by Gasteiger charge is 2.46. The smallest absolute Gasteiger partial charge is 0.0220 e. The highest BCUT2D eigenvalue weighted by molar-refractivity contribution is 5.87. The van der Waals surface area contributed by atoms with Gasteiger partial charge in [0.25, 0.3) is 0 Å². The van der Waals surface area contributed by atoms with Crippen molar-refractivity contribution in [3.05, 3.63) is 107 Å². The highest BCUT2D eigenvalue weighted by Crippen LogP contribution is 2.58. The summed E-state index contributed by atoms with van der Waals surface area (Å²) in [4.78, 5) is 0. The first-order valence-electron chi connectivity index (χ1n) is 19.1. The molecule has 2 aliphatic rings. The van der Waals surface area contributed by atoms with Gasteiger partial charge in [-0.3, -0.25) is 0 Å². The Hall–Kier alpha value is -3.12. The van der Waals surface area contributed by atoms with Crippen LogP contribution in [0.15, 0.2) is 78.9 Å². The minimum absolute atomic E-state index is 0.0569. The number of rotatable bonds is 13. The lowest BCUT2D eigenvalue weighted by Crippen LogP contribution is -2.30. The Morgan fingerprint density at radius 2 is 0.787 bits per heavy atom. The second-order valence-corrected chi connectivity index (χ2v) is 16.1. The largest absolute Gasteiger partial charge is 0.0651 e. The fraction of sp³-hybridized carbons (Fsp3) is 0.489. The lowest BCUT2D eigenvalue weighted by molar-refractivity contribution is 0.308. The predicted octanol–water partition coefficient (Wildman–Crippen LogP) is 13.9. The van der Waals surface area contributed by atoms with Gasteiger partial charge in [0.1, 0.15) is 0 Å². The van der Waals surface area contributed by atoms with Crippen molar-refractivity contribution in [2.24, 2.45) is 23.7 Å². The standard InChI is InChI=1S/C47H60/c1-10-31(5)27-46(28-32(6)11-2)42-17-15-14-16-38(42)40-22-19-36(25-44(40)46)37-20-23-41-39-21-18-35(9)24-43(39)47(45(41)26-37,29-33(7)12-3)30-34(8)13-4/h14-26,31-34H,10-13,27-30H2,1-9H3. The lowest BCUT2D eigenvalue weighted by Gasteiger charge is -2.37. The van der Waals surface area contributed by atoms with Crippen LogP contribution in [-0.4, -0.2) is 0 Å². The summed E-state index contributed by atoms with van der Waals surface area (Å²) in [6.45, 7) is 21.7. The Morgan fingerprint density at radius 3 is 1.23 bits per heavy atom. The van der Waals surface area contributed by atoms with Crippen molar-refractivity contribution >= 4 is 0 Å². The summed E-state index contributed by atoms with van der Waals surface area (Å²) in [6.07, 6.45) is 9.74. The predicted molar refractivity (Wildman–Crippen MR) is 205 cm³/mol. The van der Waals surface area contributed by atoms with Gasteiger partial charge in [-0.15, -0.1) is 0 Å². The first-order valence-corrected chi connectivity index (χ1v) is 19.1. The van der Waals surface area contributed by atoms with Gasteiger partial charge >= 0.3 is 0 Å². The SMILES string of the molecule is CCC(C)CC1(CC(C)CC)c2ccccc2-c2ccc(-c3ccc4c(c3)C(CC(C)CC)(CC(C)CC)c3cc(C)ccc3-4)cc21. The van der Waals surface area contributed by atoms with Gasteiger partial charge in [0.15, 0.2) is 0 Å². The molecule has 0 amide bonds. The van der Waals surface area contributed by atoms with E-state index in [4.69, 9.17) is 0 Å². The summed E-state index contributed by atoms with van der Waals surface area (Å²) in [5, 5.41) is 0. The summed E-state index contributed by atoms with van der Waals surface area (Å²) >= 11 is 0. The van der Waals surface area contributed by atoms with Gasteiger partial charge < -0.3 is 0 Å². The van der Waals surface area contributed by atoms with Crippen molar-refractivity contribution in [1.82, 2.24) is 0 Å². The van der Waals surface area contributed by atoms with Crippen LogP contribution in [0.25, 0.3) is 33.4 Å². The average molecular weight is 625 g/mol. The molecule has 6 rings (SSSR count). The zero-order valence-corrected chi connectivity index (χ0v) is 31.0. The summed E-state index contributed by atoms with van der Waals surface area (Å²) in [7, 11) is 0. The van der Waals surface area contributed by atoms with E-state index in [1.807, 2.05) is 0 Å². The third-order valence-corrected chi connectivity index (χ3v) is 12.7. The van der Waals surface area contributed by atoms with Crippen molar-refractivity contribution in [2.75, 3.05) is 0 Å². The normalized spacial score (nSPS) is 21.8. The monoisotopic (exact) mass is 624 g/mol. The van der Waals surface area contributed by atoms with Gasteiger partial charge in [-0.1, -0.05) is 153 Å². The quantitative estimate of drug-likeness (QED) is 0.139. The van der Waals surface area contributed by atoms with Crippen LogP contribution in [0, 0.1) is 30.6 Å². The number of aryl methyl sites for hydroxylation is 1. The fourth-order valence-electron chi connectivity index (χ4n) is 9.43. The van der Waals surface area contributed by atoms with Gasteiger partial charge in [0.2, 0.25) is 0 Å². The van der Waals surface area contributed by atoms with E-state index >= 15 is 0 Å². The van der Waals surface area contributed by atoms with Gasteiger partial charge in [-0.25, -0.2) is 0 Å². The first-order chi connectivity index (χ1) is 22.6. The highest BCUT2D eigenvalue weighted by atomic mass is 14.5. The molecule has 0 nitrogen and oxygen atoms in total. The summed E-state index contributed by atoms with van der Waals surface area (Å²) in [5.41, 5.74) is 16.4. The van der Waals surface area contributed by atoms with Crippen molar-refractivity contribution in [1.29, 1.82) is 0 Å². The van der Waals surface area contributed by atoms with E-state index in [1.54, 1.807) is 22.3 Å². The third kappa shape index (κ3) is 5.83. The zero-order valence-electron chi connectivity index (χ0n) is 31.0. The molecule has 47 heavy (non-hydrogen) atoms. The third-order valence-electron chi connectivity index (χ3n) is 12.7. The number of hydrogen-bond acceptors (Lipinski definition) is 0. The van der Waals surface area contributed by atoms with Crippen LogP contribution in [0.5, 0.6) is 0 Å². The van der Waals surface area contributed by atoms with Crippen LogP contribution in [-0.2, 0) is 10.8 Å². The Balaban J connectivity index is 1.55. The fourth-order valence-corrected chi connectivity index (χ4v) is 9.43. The Bertz CT molecular complexity index is 1690. The van der Waals surface area contributed by atoms with Crippen molar-refractivity contribution in [2.45, 2.75) is 125 Å². The molecule has 0 saturated carbocycles. The van der Waals surface area contributed by atoms with Gasteiger partial charge in [0, 0.05) is 10.8 Å². The zero-order chi connectivity index (χ0) is 33.5. The molecule has 248 valence electrons. The molecule has 0 fully saturated rings. The maximum atomic E-state index is 2.63. The molecule has 0 heterocycles. The van der Waals surface area contributed by atoms with Gasteiger partial charge in [0.05, 0.1) is 0 Å². The molecular formula is C47H60. The Kier molecular flexibility index (Phi) is 9.64. The molecule has 0 aromatic heterocycles. The van der Waals surface area contributed by atoms with E-state index in [9.17, 15) is 0 Å². The maximum Gasteiger partial charge on any atom is 0.0220 e. The van der Waals surface area contributed by atoms with Crippen LogP contribution in [0.3, 0.4) is 0 Å². The van der Waals surface area contributed by atoms with Crippen LogP contribution in [0.2, 0.25) is 0 Å². The number of hydrogen-bond donors (Lipinski definition) is 0. The van der Waals surface area contributed by atoms with Crippen molar-refractivity contribution < 1.29 is 0 Å². The average Bonchev–Trinajstić information content (AvgIpc) is 3.49. The minimum Gasteiger partial charge on any atom is -0.0651 e. The lowest BCUT2D eigenvalue weighted by atomic mass is 9.66. The molecule has 4 aromatic carbocycles. The van der Waals surface area contributed by atoms with Crippen LogP contribution in [0.1, 0.15) is 135 Å². The van der Waals surface area contributed by atoms with Gasteiger partial charge in [-0.2, -0.15) is 0 Å². The van der Waals surface area contributed by atoms with Crippen LogP contribution < -0.4 is 0 Å². The summed E-state index contributed by atoms with van der Waals surface area (Å²) in [5.74, 6) is 2.68. The van der Waals surface area contributed by atoms with E-state index in [2.05, 4.69) is 141 Å². The Labute approximate surface area is 287 Å². The molecule has 2 aliphatic carbocycles. The molecule has 0 N–H and O–H groups in total. The molecule has 0 bridgehead atoms. The summed E-state index contributed by atoms with van der Waals surface area (Å²) < 4.78 is 0. The minimum atomic E-state index is 0.0569. The van der Waals surface area contributed by atoms with Crippen molar-refractivity contribution in [3.63, 3.8) is 0 Å². The van der Waals surface area contributed by atoms with E-state index in [0.717, 1.165) is 0 Å². The van der Waals surface area contributed by atoms with E-state index in [-0.39, 0.29) is 10.8 Å². The molecule has 4 atom stereocenters. The van der Waals surface area contributed by atoms with Crippen molar-refractivity contribution in [3.8, 4) is 33.4 Å². The molecule has 0 saturated heterocycles. The molecule has 4 unspecified atom stereocenters. The molecule has 0 radical (unpaired) electrons. The van der Waals surface area contributed by atoms with E-state index < -0.39 is 0 Å². The second kappa shape index (κ2) is 13.4. The second-order valence-electron chi connectivity index (χ2n) is 16.1. The van der Waals surface area contributed by atoms with Gasteiger partial charge in [-0.05, 0) is 124 Å². The number of benzene rings is 4. The van der Waals surface area contributed by atoms with Crippen LogP contribution in [0.4, 0.5) is 0 Å². The van der Waals surface area contributed by atoms with Crippen LogP contribution >= 0.6 is 0 Å². The maximum absolute atomic E-state index is 2.63. The number of fused-ring (bicyclic) bond motifs is 6. The van der Waals surface area contributed by atoms with E-state index in [0.29, 0.717) is 23.7 Å². The molecular weight excluding hydrogens is 565 g/mol. The molecule has 0 spiro atoms. The molecule has 0 aliphatic heterocycles. The Morgan fingerprint density at radius 1 is 0.426 bits per heavy atom.